The molecule has 4 nitrogen and oxygen atoms in total. The molecule has 1 unspecified atom stereocenters. The minimum absolute atomic E-state index is 0.120. The van der Waals surface area contributed by atoms with Crippen LogP contribution in [0, 0.1) is 0 Å². The number of rotatable bonds is 6. The van der Waals surface area contributed by atoms with E-state index in [0.29, 0.717) is 19.4 Å². The van der Waals surface area contributed by atoms with Gasteiger partial charge >= 0.3 is 5.97 Å². The summed E-state index contributed by atoms with van der Waals surface area (Å²) in [5.74, 6) is -0.743. The molecular weight excluding hydrogens is 254 g/mol. The summed E-state index contributed by atoms with van der Waals surface area (Å²) < 4.78 is 6.30. The molecule has 0 radical (unpaired) electrons. The minimum Gasteiger partial charge on any atom is -0.480 e. The predicted octanol–water partition coefficient (Wildman–Crippen LogP) is 3.10. The number of carboxylic acid groups (broad SMARTS) is 1. The maximum absolute atomic E-state index is 11.5. The molecule has 2 aliphatic rings. The van der Waals surface area contributed by atoms with Gasteiger partial charge in [-0.2, -0.15) is 0 Å². The van der Waals surface area contributed by atoms with Crippen LogP contribution in [0.1, 0.15) is 71.6 Å². The fourth-order valence-corrected chi connectivity index (χ4v) is 3.79. The summed E-state index contributed by atoms with van der Waals surface area (Å²) >= 11 is 0. The van der Waals surface area contributed by atoms with Gasteiger partial charge < -0.3 is 9.84 Å². The van der Waals surface area contributed by atoms with E-state index in [1.807, 2.05) is 13.8 Å². The first-order valence-corrected chi connectivity index (χ1v) is 8.22. The Morgan fingerprint density at radius 1 is 1.25 bits per heavy atom. The van der Waals surface area contributed by atoms with E-state index in [0.717, 1.165) is 12.8 Å². The van der Waals surface area contributed by atoms with Crippen LogP contribution in [0.2, 0.25) is 0 Å². The molecule has 0 aromatic heterocycles. The summed E-state index contributed by atoms with van der Waals surface area (Å²) in [7, 11) is 0. The quantitative estimate of drug-likeness (QED) is 0.786. The van der Waals surface area contributed by atoms with E-state index < -0.39 is 11.5 Å². The fourth-order valence-electron chi connectivity index (χ4n) is 3.79. The zero-order valence-corrected chi connectivity index (χ0v) is 12.9. The van der Waals surface area contributed by atoms with Crippen molar-refractivity contribution in [3.8, 4) is 0 Å². The number of nitrogens with one attached hydrogen (secondary N) is 1. The van der Waals surface area contributed by atoms with Crippen molar-refractivity contribution in [1.29, 1.82) is 0 Å². The molecule has 0 aromatic rings. The lowest BCUT2D eigenvalue weighted by Gasteiger charge is -2.34. The molecule has 2 fully saturated rings. The molecule has 1 aliphatic heterocycles. The van der Waals surface area contributed by atoms with Gasteiger partial charge in [-0.15, -0.1) is 0 Å². The van der Waals surface area contributed by atoms with Gasteiger partial charge in [-0.05, 0) is 38.5 Å². The summed E-state index contributed by atoms with van der Waals surface area (Å²) in [6.45, 7) is 4.53. The van der Waals surface area contributed by atoms with Crippen LogP contribution < -0.4 is 5.32 Å². The average molecular weight is 283 g/mol. The highest BCUT2D eigenvalue weighted by Gasteiger charge is 2.42. The zero-order valence-electron chi connectivity index (χ0n) is 12.9. The lowest BCUT2D eigenvalue weighted by Crippen LogP contribution is -2.53. The van der Waals surface area contributed by atoms with Gasteiger partial charge in [0.15, 0.2) is 0 Å². The van der Waals surface area contributed by atoms with Gasteiger partial charge in [0, 0.05) is 6.54 Å². The van der Waals surface area contributed by atoms with Crippen LogP contribution in [0.25, 0.3) is 0 Å². The number of carboxylic acids is 1. The van der Waals surface area contributed by atoms with Crippen LogP contribution in [0.5, 0.6) is 0 Å². The van der Waals surface area contributed by atoms with Gasteiger partial charge in [0.25, 0.3) is 0 Å². The summed E-state index contributed by atoms with van der Waals surface area (Å²) in [6.07, 6.45) is 9.89. The Morgan fingerprint density at radius 3 is 2.45 bits per heavy atom. The van der Waals surface area contributed by atoms with E-state index in [4.69, 9.17) is 4.74 Å². The molecule has 1 saturated carbocycles. The number of aliphatic carboxylic acids is 1. The van der Waals surface area contributed by atoms with E-state index >= 15 is 0 Å². The number of hydrogen-bond acceptors (Lipinski definition) is 3. The normalized spacial score (nSPS) is 26.0. The van der Waals surface area contributed by atoms with E-state index in [2.05, 4.69) is 5.32 Å². The third kappa shape index (κ3) is 3.17. The molecule has 4 heteroatoms. The van der Waals surface area contributed by atoms with Crippen molar-refractivity contribution in [1.82, 2.24) is 5.32 Å². The van der Waals surface area contributed by atoms with Gasteiger partial charge in [-0.3, -0.25) is 10.1 Å². The number of hydrogen-bond donors (Lipinski definition) is 2. The summed E-state index contributed by atoms with van der Waals surface area (Å²) in [4.78, 5) is 11.5. The molecule has 20 heavy (non-hydrogen) atoms. The number of carbonyl (C=O) groups is 1. The van der Waals surface area contributed by atoms with Crippen molar-refractivity contribution in [3.63, 3.8) is 0 Å². The maximum atomic E-state index is 11.5. The Balaban J connectivity index is 1.87. The smallest absolute Gasteiger partial charge is 0.323 e. The topological polar surface area (TPSA) is 58.6 Å². The summed E-state index contributed by atoms with van der Waals surface area (Å²) in [6, 6.07) is 0. The second-order valence-electron chi connectivity index (χ2n) is 6.50. The Labute approximate surface area is 122 Å². The lowest BCUT2D eigenvalue weighted by molar-refractivity contribution is -0.145. The lowest BCUT2D eigenvalue weighted by atomic mass is 9.83. The zero-order chi connectivity index (χ0) is 14.6. The molecule has 1 aliphatic carbocycles. The molecule has 1 spiro atoms. The van der Waals surface area contributed by atoms with Gasteiger partial charge in [0.05, 0.1) is 11.7 Å². The second-order valence-corrected chi connectivity index (χ2v) is 6.50. The van der Waals surface area contributed by atoms with E-state index in [-0.39, 0.29) is 11.7 Å². The minimum atomic E-state index is -0.786. The van der Waals surface area contributed by atoms with Crippen LogP contribution in [-0.2, 0) is 9.53 Å². The summed E-state index contributed by atoms with van der Waals surface area (Å²) in [5.41, 5.74) is -0.666. The highest BCUT2D eigenvalue weighted by Crippen LogP contribution is 2.41. The van der Waals surface area contributed by atoms with Crippen LogP contribution in [0.15, 0.2) is 0 Å². The van der Waals surface area contributed by atoms with E-state index in [1.165, 1.54) is 32.1 Å². The first-order valence-electron chi connectivity index (χ1n) is 8.22. The van der Waals surface area contributed by atoms with Crippen LogP contribution in [-0.4, -0.2) is 34.9 Å². The van der Waals surface area contributed by atoms with Crippen LogP contribution in [0.4, 0.5) is 0 Å². The molecule has 0 amide bonds. The third-order valence-corrected chi connectivity index (χ3v) is 5.39. The largest absolute Gasteiger partial charge is 0.480 e. The fraction of sp³-hybridized carbons (Fsp3) is 0.938. The van der Waals surface area contributed by atoms with Gasteiger partial charge in [0.2, 0.25) is 0 Å². The molecule has 1 atom stereocenters. The SMILES string of the molecule is CCC(CC)(NCC1CCC2(CCCCC2)O1)C(=O)O. The van der Waals surface area contributed by atoms with Gasteiger partial charge in [-0.1, -0.05) is 33.1 Å². The standard InChI is InChI=1S/C16H29NO3/c1-3-16(4-2,14(18)19)17-12-13-8-11-15(20-13)9-6-5-7-10-15/h13,17H,3-12H2,1-2H3,(H,18,19). The van der Waals surface area contributed by atoms with Crippen molar-refractivity contribution in [2.45, 2.75) is 88.9 Å². The molecule has 2 N–H and O–H groups in total. The van der Waals surface area contributed by atoms with E-state index in [9.17, 15) is 9.90 Å². The van der Waals surface area contributed by atoms with Crippen LogP contribution in [0.3, 0.4) is 0 Å². The second kappa shape index (κ2) is 6.44. The first kappa shape index (κ1) is 15.8. The Morgan fingerprint density at radius 2 is 1.90 bits per heavy atom. The molecule has 1 saturated heterocycles. The molecule has 1 heterocycles. The van der Waals surface area contributed by atoms with Crippen LogP contribution >= 0.6 is 0 Å². The Bertz CT molecular complexity index is 333. The average Bonchev–Trinajstić information content (AvgIpc) is 2.84. The van der Waals surface area contributed by atoms with Crippen molar-refractivity contribution in [2.75, 3.05) is 6.54 Å². The first-order chi connectivity index (χ1) is 9.56. The van der Waals surface area contributed by atoms with Gasteiger partial charge in [-0.25, -0.2) is 0 Å². The highest BCUT2D eigenvalue weighted by atomic mass is 16.5. The van der Waals surface area contributed by atoms with Crippen molar-refractivity contribution in [2.24, 2.45) is 0 Å². The van der Waals surface area contributed by atoms with Crippen molar-refractivity contribution < 1.29 is 14.6 Å². The van der Waals surface area contributed by atoms with Crippen molar-refractivity contribution >= 4 is 5.97 Å². The van der Waals surface area contributed by atoms with Crippen molar-refractivity contribution in [3.05, 3.63) is 0 Å². The monoisotopic (exact) mass is 283 g/mol. The third-order valence-electron chi connectivity index (χ3n) is 5.39. The van der Waals surface area contributed by atoms with Gasteiger partial charge in [0.1, 0.15) is 5.54 Å². The highest BCUT2D eigenvalue weighted by molar-refractivity contribution is 5.78. The van der Waals surface area contributed by atoms with E-state index in [1.54, 1.807) is 0 Å². The maximum Gasteiger partial charge on any atom is 0.323 e. The number of ether oxygens (including phenoxy) is 1. The Hall–Kier alpha value is -0.610. The molecule has 2 rings (SSSR count). The Kier molecular flexibility index (Phi) is 5.08. The summed E-state index contributed by atoms with van der Waals surface area (Å²) in [5, 5.41) is 12.7. The molecule has 0 bridgehead atoms. The molecular formula is C16H29NO3. The molecule has 116 valence electrons. The predicted molar refractivity (Wildman–Crippen MR) is 78.9 cm³/mol. The molecule has 0 aromatic carbocycles.